The predicted octanol–water partition coefficient (Wildman–Crippen LogP) is 5.61. The molecule has 0 spiro atoms. The Bertz CT molecular complexity index is 2930. The number of unbranched alkanes of at least 4 members (excludes halogenated alkanes) is 4. The quantitative estimate of drug-likeness (QED) is 0.0622. The SMILES string of the molecule is COc1cc(C(=O)NC2CCN(CCCCCCCc3cncc(CNC(=O)COc4cccc5c4C(=O)N(C4CCC(=O)NC4=O)C5=O)c3)CC2)c(F)cc1Nc1ncc2c(n1)N(C1CCCC1)CC(F)(F)C(=O)N2C. The first kappa shape index (κ1) is 54.1. The molecule has 4 aliphatic heterocycles. The number of alkyl halides is 2. The highest BCUT2D eigenvalue weighted by Crippen LogP contribution is 2.41. The number of aryl methyl sites for hydroxylation is 1. The van der Waals surface area contributed by atoms with Crippen molar-refractivity contribution in [2.45, 2.75) is 120 Å². The fraction of sp³-hybridized carbons (Fsp3) is 0.481. The zero-order chi connectivity index (χ0) is 54.4. The summed E-state index contributed by atoms with van der Waals surface area (Å²) >= 11 is 0. The number of carbonyl (C=O) groups excluding carboxylic acids is 7. The van der Waals surface area contributed by atoms with Crippen LogP contribution in [0.25, 0.3) is 0 Å². The maximum absolute atomic E-state index is 15.7. The van der Waals surface area contributed by atoms with Gasteiger partial charge in [-0.05, 0) is 87.2 Å². The van der Waals surface area contributed by atoms with E-state index in [2.05, 4.69) is 41.1 Å². The molecule has 4 N–H and O–H groups in total. The number of aromatic nitrogens is 3. The third-order valence-corrected chi connectivity index (χ3v) is 14.9. The summed E-state index contributed by atoms with van der Waals surface area (Å²) in [6.45, 7) is 1.49. The number of imide groups is 2. The molecule has 0 radical (unpaired) electrons. The number of ether oxygens (including phenoxy) is 2. The van der Waals surface area contributed by atoms with Crippen molar-refractivity contribution in [3.05, 3.63) is 88.6 Å². The number of pyridine rings is 1. The van der Waals surface area contributed by atoms with Crippen LogP contribution in [0.15, 0.2) is 55.0 Å². The molecule has 1 saturated carbocycles. The van der Waals surface area contributed by atoms with Gasteiger partial charge in [0.25, 0.3) is 29.5 Å². The molecule has 2 aromatic carbocycles. The van der Waals surface area contributed by atoms with Crippen LogP contribution in [0, 0.1) is 5.82 Å². The molecule has 23 heteroatoms. The van der Waals surface area contributed by atoms with E-state index in [-0.39, 0.29) is 82.8 Å². The molecule has 9 rings (SSSR count). The largest absolute Gasteiger partial charge is 0.495 e. The van der Waals surface area contributed by atoms with Crippen LogP contribution in [0.2, 0.25) is 0 Å². The van der Waals surface area contributed by atoms with E-state index < -0.39 is 72.3 Å². The van der Waals surface area contributed by atoms with Crippen molar-refractivity contribution >= 4 is 64.5 Å². The number of nitrogens with zero attached hydrogens (tertiary/aromatic N) is 7. The molecule has 77 heavy (non-hydrogen) atoms. The van der Waals surface area contributed by atoms with Crippen LogP contribution in [0.4, 0.5) is 36.3 Å². The van der Waals surface area contributed by atoms with E-state index >= 15 is 13.2 Å². The number of halogens is 3. The Hall–Kier alpha value is -7.69. The second-order valence-corrected chi connectivity index (χ2v) is 20.2. The van der Waals surface area contributed by atoms with Gasteiger partial charge < -0.3 is 40.1 Å². The molecule has 408 valence electrons. The van der Waals surface area contributed by atoms with Gasteiger partial charge in [0, 0.05) is 63.6 Å². The standard InChI is InChI=1S/C54H62F3N11O9/c1-65-41-29-60-53(64-47(41)67(35-12-7-8-13-35)31-54(56,57)52(65)75)62-39-25-38(55)37(24-43(39)76-2)48(71)61-34-18-21-66(22-19-34)20-9-5-3-4-6-11-32-23-33(27-58-26-32)28-59-45(70)30-77-42-15-10-14-36-46(42)51(74)68(50(36)73)40-16-17-44(69)63-49(40)72/h10,14-15,23-27,29,34-35,40H,3-9,11-13,16-22,28,30-31H2,1-2H3,(H,59,70)(H,61,71)(H,60,62,64)(H,63,69,72). The molecule has 20 nitrogen and oxygen atoms in total. The zero-order valence-electron chi connectivity index (χ0n) is 43.0. The molecular formula is C54H62F3N11O9. The lowest BCUT2D eigenvalue weighted by Gasteiger charge is -2.32. The number of hydrogen-bond acceptors (Lipinski definition) is 15. The van der Waals surface area contributed by atoms with E-state index in [0.717, 1.165) is 98.0 Å². The van der Waals surface area contributed by atoms with Gasteiger partial charge in [0.1, 0.15) is 29.0 Å². The Morgan fingerprint density at radius 3 is 2.40 bits per heavy atom. The van der Waals surface area contributed by atoms with E-state index in [1.807, 2.05) is 12.3 Å². The number of fused-ring (bicyclic) bond motifs is 2. The monoisotopic (exact) mass is 1070 g/mol. The minimum Gasteiger partial charge on any atom is -0.495 e. The number of likely N-dealkylation sites (tertiary alicyclic amines) is 1. The van der Waals surface area contributed by atoms with E-state index in [9.17, 15) is 33.6 Å². The van der Waals surface area contributed by atoms with Gasteiger partial charge in [0.2, 0.25) is 17.8 Å². The fourth-order valence-electron chi connectivity index (χ4n) is 10.8. The van der Waals surface area contributed by atoms with Crippen molar-refractivity contribution in [2.75, 3.05) is 62.1 Å². The maximum Gasteiger partial charge on any atom is 0.342 e. The van der Waals surface area contributed by atoms with Crippen LogP contribution >= 0.6 is 0 Å². The summed E-state index contributed by atoms with van der Waals surface area (Å²) in [5, 5.41) is 10.9. The van der Waals surface area contributed by atoms with E-state index in [0.29, 0.717) is 25.7 Å². The molecule has 2 aromatic heterocycles. The molecule has 6 heterocycles. The molecular weight excluding hydrogens is 1000 g/mol. The minimum atomic E-state index is -3.64. The first-order chi connectivity index (χ1) is 37.1. The Labute approximate surface area is 442 Å². The Morgan fingerprint density at radius 1 is 0.883 bits per heavy atom. The zero-order valence-corrected chi connectivity index (χ0v) is 43.0. The minimum absolute atomic E-state index is 0.00287. The van der Waals surface area contributed by atoms with Crippen LogP contribution in [0.3, 0.4) is 0 Å². The molecule has 3 fully saturated rings. The second-order valence-electron chi connectivity index (χ2n) is 20.2. The number of benzene rings is 2. The van der Waals surface area contributed by atoms with Gasteiger partial charge in [-0.2, -0.15) is 13.8 Å². The summed E-state index contributed by atoms with van der Waals surface area (Å²) in [6, 6.07) is 7.38. The van der Waals surface area contributed by atoms with Crippen LogP contribution in [-0.2, 0) is 32.1 Å². The molecule has 7 amide bonds. The number of nitrogens with one attached hydrogen (secondary N) is 4. The van der Waals surface area contributed by atoms with Gasteiger partial charge in [-0.25, -0.2) is 9.37 Å². The van der Waals surface area contributed by atoms with Crippen molar-refractivity contribution in [1.82, 2.24) is 40.7 Å². The molecule has 2 saturated heterocycles. The highest BCUT2D eigenvalue weighted by Gasteiger charge is 2.49. The summed E-state index contributed by atoms with van der Waals surface area (Å²) < 4.78 is 57.1. The Kier molecular flexibility index (Phi) is 16.6. The summed E-state index contributed by atoms with van der Waals surface area (Å²) in [7, 11) is 2.65. The topological polar surface area (TPSA) is 238 Å². The van der Waals surface area contributed by atoms with Crippen LogP contribution < -0.4 is 40.5 Å². The molecule has 5 aliphatic rings. The van der Waals surface area contributed by atoms with Crippen molar-refractivity contribution in [2.24, 2.45) is 0 Å². The number of hydrogen-bond donors (Lipinski definition) is 4. The lowest BCUT2D eigenvalue weighted by Crippen LogP contribution is -2.54. The van der Waals surface area contributed by atoms with E-state index in [1.54, 1.807) is 6.20 Å². The molecule has 1 unspecified atom stereocenters. The maximum atomic E-state index is 15.7. The van der Waals surface area contributed by atoms with Gasteiger partial charge in [0.15, 0.2) is 12.4 Å². The number of carbonyl (C=O) groups is 7. The first-order valence-electron chi connectivity index (χ1n) is 26.2. The van der Waals surface area contributed by atoms with Gasteiger partial charge in [0.05, 0.1) is 42.2 Å². The number of anilines is 4. The summed E-state index contributed by atoms with van der Waals surface area (Å²) in [5.74, 6) is -9.05. The molecule has 0 bridgehead atoms. The Morgan fingerprint density at radius 2 is 1.64 bits per heavy atom. The van der Waals surface area contributed by atoms with Crippen LogP contribution in [-0.4, -0.2) is 137 Å². The summed E-state index contributed by atoms with van der Waals surface area (Å²) in [4.78, 5) is 108. The van der Waals surface area contributed by atoms with Crippen molar-refractivity contribution < 1.29 is 56.2 Å². The first-order valence-corrected chi connectivity index (χ1v) is 26.2. The molecule has 1 atom stereocenters. The third-order valence-electron chi connectivity index (χ3n) is 14.9. The predicted molar refractivity (Wildman–Crippen MR) is 275 cm³/mol. The second kappa shape index (κ2) is 23.7. The lowest BCUT2D eigenvalue weighted by molar-refractivity contribution is -0.140. The number of piperidine rings is 2. The number of rotatable bonds is 20. The highest BCUT2D eigenvalue weighted by molar-refractivity contribution is 6.24. The number of methoxy groups -OCH3 is 1. The third kappa shape index (κ3) is 12.3. The number of amides is 7. The molecule has 4 aromatic rings. The summed E-state index contributed by atoms with van der Waals surface area (Å²) in [6.07, 6.45) is 15.3. The molecule has 1 aliphatic carbocycles. The van der Waals surface area contributed by atoms with Gasteiger partial charge in [-0.15, -0.1) is 0 Å². The van der Waals surface area contributed by atoms with Crippen molar-refractivity contribution in [1.29, 1.82) is 0 Å². The van der Waals surface area contributed by atoms with Gasteiger partial charge >= 0.3 is 5.92 Å². The smallest absolute Gasteiger partial charge is 0.342 e. The van der Waals surface area contributed by atoms with E-state index in [1.165, 1.54) is 49.5 Å². The average molecular weight is 1070 g/mol. The lowest BCUT2D eigenvalue weighted by atomic mass is 10.0. The van der Waals surface area contributed by atoms with Crippen molar-refractivity contribution in [3.8, 4) is 11.5 Å². The Balaban J connectivity index is 0.663. The average Bonchev–Trinajstić information content (AvgIpc) is 4.04. The normalized spacial score (nSPS) is 18.9. The van der Waals surface area contributed by atoms with E-state index in [4.69, 9.17) is 9.47 Å². The van der Waals surface area contributed by atoms with Crippen LogP contribution in [0.5, 0.6) is 11.5 Å². The van der Waals surface area contributed by atoms with Gasteiger partial charge in [-0.1, -0.05) is 44.2 Å². The van der Waals surface area contributed by atoms with Crippen LogP contribution in [0.1, 0.15) is 126 Å². The summed E-state index contributed by atoms with van der Waals surface area (Å²) in [5.41, 5.74) is 1.96. The fourth-order valence-corrected chi connectivity index (χ4v) is 10.8. The van der Waals surface area contributed by atoms with Crippen molar-refractivity contribution in [3.63, 3.8) is 0 Å². The highest BCUT2D eigenvalue weighted by atomic mass is 19.3. The van der Waals surface area contributed by atoms with Gasteiger partial charge in [-0.3, -0.25) is 48.8 Å².